The SMILES string of the molecule is Nc1cc(NC(=O)c2ncccc2Br)ccc1Cl. The van der Waals surface area contributed by atoms with E-state index in [4.69, 9.17) is 17.3 Å². The molecule has 3 N–H and O–H groups in total. The van der Waals surface area contributed by atoms with Crippen LogP contribution in [0.4, 0.5) is 11.4 Å². The van der Waals surface area contributed by atoms with Gasteiger partial charge in [-0.05, 0) is 46.3 Å². The fourth-order valence-electron chi connectivity index (χ4n) is 1.36. The van der Waals surface area contributed by atoms with E-state index in [0.29, 0.717) is 26.6 Å². The van der Waals surface area contributed by atoms with Crippen LogP contribution in [0.3, 0.4) is 0 Å². The van der Waals surface area contributed by atoms with Gasteiger partial charge in [-0.2, -0.15) is 0 Å². The second kappa shape index (κ2) is 5.37. The number of carbonyl (C=O) groups is 1. The number of carbonyl (C=O) groups excluding carboxylic acids is 1. The number of anilines is 2. The quantitative estimate of drug-likeness (QED) is 0.832. The Kier molecular flexibility index (Phi) is 3.84. The van der Waals surface area contributed by atoms with E-state index >= 15 is 0 Å². The summed E-state index contributed by atoms with van der Waals surface area (Å²) in [5, 5.41) is 3.15. The van der Waals surface area contributed by atoms with Gasteiger partial charge in [-0.3, -0.25) is 4.79 Å². The van der Waals surface area contributed by atoms with Gasteiger partial charge in [0.15, 0.2) is 0 Å². The largest absolute Gasteiger partial charge is 0.397 e. The van der Waals surface area contributed by atoms with Crippen molar-refractivity contribution >= 4 is 44.8 Å². The van der Waals surface area contributed by atoms with E-state index in [2.05, 4.69) is 26.2 Å². The first kappa shape index (κ1) is 12.9. The Morgan fingerprint density at radius 3 is 2.83 bits per heavy atom. The van der Waals surface area contributed by atoms with Crippen LogP contribution >= 0.6 is 27.5 Å². The molecule has 0 unspecified atom stereocenters. The Morgan fingerprint density at radius 1 is 1.39 bits per heavy atom. The maximum Gasteiger partial charge on any atom is 0.275 e. The normalized spacial score (nSPS) is 10.1. The van der Waals surface area contributed by atoms with Crippen LogP contribution in [0.25, 0.3) is 0 Å². The number of rotatable bonds is 2. The van der Waals surface area contributed by atoms with E-state index in [0.717, 1.165) is 0 Å². The van der Waals surface area contributed by atoms with Gasteiger partial charge in [-0.15, -0.1) is 0 Å². The van der Waals surface area contributed by atoms with Crippen molar-refractivity contribution in [2.45, 2.75) is 0 Å². The average molecular weight is 327 g/mol. The summed E-state index contributed by atoms with van der Waals surface area (Å²) in [5.41, 5.74) is 6.95. The second-order valence-corrected chi connectivity index (χ2v) is 4.79. The predicted molar refractivity (Wildman–Crippen MR) is 75.8 cm³/mol. The topological polar surface area (TPSA) is 68.0 Å². The molecule has 0 aliphatic rings. The van der Waals surface area contributed by atoms with Crippen LogP contribution in [0.5, 0.6) is 0 Å². The van der Waals surface area contributed by atoms with Crippen LogP contribution in [0.1, 0.15) is 10.5 Å². The molecule has 4 nitrogen and oxygen atoms in total. The minimum Gasteiger partial charge on any atom is -0.397 e. The molecule has 0 atom stereocenters. The van der Waals surface area contributed by atoms with Crippen LogP contribution in [-0.2, 0) is 0 Å². The zero-order valence-corrected chi connectivity index (χ0v) is 11.5. The Balaban J connectivity index is 2.22. The first-order valence-electron chi connectivity index (χ1n) is 5.05. The van der Waals surface area contributed by atoms with Crippen LogP contribution in [0.15, 0.2) is 41.0 Å². The summed E-state index contributed by atoms with van der Waals surface area (Å²) >= 11 is 9.07. The van der Waals surface area contributed by atoms with E-state index in [1.165, 1.54) is 0 Å². The number of pyridine rings is 1. The van der Waals surface area contributed by atoms with Gasteiger partial charge < -0.3 is 11.1 Å². The maximum atomic E-state index is 12.0. The first-order valence-corrected chi connectivity index (χ1v) is 6.22. The monoisotopic (exact) mass is 325 g/mol. The third kappa shape index (κ3) is 2.80. The van der Waals surface area contributed by atoms with Crippen LogP contribution in [0.2, 0.25) is 5.02 Å². The van der Waals surface area contributed by atoms with Crippen molar-refractivity contribution in [3.05, 3.63) is 51.7 Å². The minimum absolute atomic E-state index is 0.311. The summed E-state index contributed by atoms with van der Waals surface area (Å²) in [7, 11) is 0. The van der Waals surface area contributed by atoms with Gasteiger partial charge >= 0.3 is 0 Å². The van der Waals surface area contributed by atoms with Gasteiger partial charge in [0.05, 0.1) is 10.7 Å². The van der Waals surface area contributed by atoms with Crippen LogP contribution in [-0.4, -0.2) is 10.9 Å². The van der Waals surface area contributed by atoms with Crippen molar-refractivity contribution in [3.8, 4) is 0 Å². The number of nitrogen functional groups attached to an aromatic ring is 1. The highest BCUT2D eigenvalue weighted by molar-refractivity contribution is 9.10. The van der Waals surface area contributed by atoms with E-state index in [1.807, 2.05) is 0 Å². The van der Waals surface area contributed by atoms with E-state index < -0.39 is 0 Å². The number of halogens is 2. The third-order valence-corrected chi connectivity index (χ3v) is 3.21. The fourth-order valence-corrected chi connectivity index (χ4v) is 1.92. The molecule has 2 aromatic rings. The highest BCUT2D eigenvalue weighted by Gasteiger charge is 2.11. The number of benzene rings is 1. The molecule has 2 rings (SSSR count). The summed E-state index contributed by atoms with van der Waals surface area (Å²) in [5.74, 6) is -0.316. The van der Waals surface area contributed by atoms with Crippen molar-refractivity contribution in [2.75, 3.05) is 11.1 Å². The minimum atomic E-state index is -0.316. The van der Waals surface area contributed by atoms with Crippen molar-refractivity contribution < 1.29 is 4.79 Å². The number of amides is 1. The summed E-state index contributed by atoms with van der Waals surface area (Å²) in [6.45, 7) is 0. The molecule has 0 saturated heterocycles. The fraction of sp³-hybridized carbons (Fsp3) is 0. The Morgan fingerprint density at radius 2 is 2.17 bits per heavy atom. The van der Waals surface area contributed by atoms with E-state index in [9.17, 15) is 4.79 Å². The molecule has 6 heteroatoms. The van der Waals surface area contributed by atoms with Gasteiger partial charge in [0.25, 0.3) is 5.91 Å². The van der Waals surface area contributed by atoms with Gasteiger partial charge in [0.1, 0.15) is 5.69 Å². The molecule has 0 saturated carbocycles. The third-order valence-electron chi connectivity index (χ3n) is 2.23. The molecular formula is C12H9BrClN3O. The predicted octanol–water partition coefficient (Wildman–Crippen LogP) is 3.33. The summed E-state index contributed by atoms with van der Waals surface area (Å²) in [6.07, 6.45) is 1.55. The zero-order valence-electron chi connectivity index (χ0n) is 9.15. The molecular weight excluding hydrogens is 318 g/mol. The molecule has 18 heavy (non-hydrogen) atoms. The van der Waals surface area contributed by atoms with Gasteiger partial charge in [0, 0.05) is 16.4 Å². The molecule has 1 aromatic heterocycles. The second-order valence-electron chi connectivity index (χ2n) is 3.52. The molecule has 92 valence electrons. The lowest BCUT2D eigenvalue weighted by molar-refractivity contribution is 0.102. The van der Waals surface area contributed by atoms with E-state index in [-0.39, 0.29) is 5.91 Å². The maximum absolute atomic E-state index is 12.0. The molecule has 0 aliphatic carbocycles. The molecule has 0 fully saturated rings. The van der Waals surface area contributed by atoms with Crippen LogP contribution in [0, 0.1) is 0 Å². The Hall–Kier alpha value is -1.59. The number of nitrogens with one attached hydrogen (secondary N) is 1. The molecule has 0 spiro atoms. The Bertz CT molecular complexity index is 604. The van der Waals surface area contributed by atoms with Gasteiger partial charge in [-0.25, -0.2) is 4.98 Å². The van der Waals surface area contributed by atoms with Crippen molar-refractivity contribution in [1.29, 1.82) is 0 Å². The average Bonchev–Trinajstić information content (AvgIpc) is 2.34. The lowest BCUT2D eigenvalue weighted by Gasteiger charge is -2.07. The highest BCUT2D eigenvalue weighted by atomic mass is 79.9. The molecule has 1 amide bonds. The number of hydrogen-bond donors (Lipinski definition) is 2. The van der Waals surface area contributed by atoms with Gasteiger partial charge in [-0.1, -0.05) is 11.6 Å². The van der Waals surface area contributed by atoms with Crippen molar-refractivity contribution in [2.24, 2.45) is 0 Å². The molecule has 0 radical (unpaired) electrons. The summed E-state index contributed by atoms with van der Waals surface area (Å²) < 4.78 is 0.629. The lowest BCUT2D eigenvalue weighted by Crippen LogP contribution is -2.14. The Labute approximate surface area is 117 Å². The smallest absolute Gasteiger partial charge is 0.275 e. The van der Waals surface area contributed by atoms with E-state index in [1.54, 1.807) is 36.5 Å². The number of hydrogen-bond acceptors (Lipinski definition) is 3. The molecule has 0 bridgehead atoms. The molecule has 1 heterocycles. The number of nitrogens with zero attached hydrogens (tertiary/aromatic N) is 1. The summed E-state index contributed by atoms with van der Waals surface area (Å²) in [6, 6.07) is 8.38. The lowest BCUT2D eigenvalue weighted by atomic mass is 10.2. The first-order chi connectivity index (χ1) is 8.58. The van der Waals surface area contributed by atoms with Crippen LogP contribution < -0.4 is 11.1 Å². The highest BCUT2D eigenvalue weighted by Crippen LogP contribution is 2.23. The van der Waals surface area contributed by atoms with Crippen molar-refractivity contribution in [3.63, 3.8) is 0 Å². The molecule has 0 aliphatic heterocycles. The van der Waals surface area contributed by atoms with Gasteiger partial charge in [0.2, 0.25) is 0 Å². The number of nitrogens with two attached hydrogens (primary N) is 1. The summed E-state index contributed by atoms with van der Waals surface area (Å²) in [4.78, 5) is 16.0. The molecule has 1 aromatic carbocycles. The van der Waals surface area contributed by atoms with Crippen molar-refractivity contribution in [1.82, 2.24) is 4.98 Å². The zero-order chi connectivity index (χ0) is 13.1. The standard InChI is InChI=1S/C12H9BrClN3O/c13-8-2-1-5-16-11(8)12(18)17-7-3-4-9(14)10(15)6-7/h1-6H,15H2,(H,17,18). The number of aromatic nitrogens is 1.